The number of amides is 3. The number of fused-ring (bicyclic) bond motifs is 2. The topological polar surface area (TPSA) is 84.9 Å². The van der Waals surface area contributed by atoms with Crippen molar-refractivity contribution in [1.29, 1.82) is 0 Å². The van der Waals surface area contributed by atoms with Gasteiger partial charge in [0.25, 0.3) is 11.8 Å². The third-order valence-corrected chi connectivity index (χ3v) is 5.02. The van der Waals surface area contributed by atoms with E-state index in [1.165, 1.54) is 0 Å². The van der Waals surface area contributed by atoms with Crippen molar-refractivity contribution in [3.05, 3.63) is 35.4 Å². The zero-order chi connectivity index (χ0) is 17.4. The van der Waals surface area contributed by atoms with Crippen molar-refractivity contribution in [3.63, 3.8) is 0 Å². The van der Waals surface area contributed by atoms with Gasteiger partial charge in [-0.2, -0.15) is 0 Å². The summed E-state index contributed by atoms with van der Waals surface area (Å²) in [5.41, 5.74) is 0.710. The van der Waals surface area contributed by atoms with Gasteiger partial charge in [-0.25, -0.2) is 0 Å². The van der Waals surface area contributed by atoms with Gasteiger partial charge in [-0.3, -0.25) is 19.3 Å². The average molecular weight is 344 g/mol. The lowest BCUT2D eigenvalue weighted by molar-refractivity contribution is -0.158. The van der Waals surface area contributed by atoms with Gasteiger partial charge in [0.05, 0.1) is 36.5 Å². The van der Waals surface area contributed by atoms with Gasteiger partial charge in [-0.15, -0.1) is 0 Å². The molecule has 7 heteroatoms. The van der Waals surface area contributed by atoms with E-state index in [0.29, 0.717) is 30.8 Å². The molecule has 0 aromatic heterocycles. The molecule has 1 saturated heterocycles. The van der Waals surface area contributed by atoms with Crippen LogP contribution in [-0.4, -0.2) is 60.6 Å². The van der Waals surface area contributed by atoms with Crippen molar-refractivity contribution in [2.45, 2.75) is 37.5 Å². The van der Waals surface area contributed by atoms with Crippen LogP contribution in [0.2, 0.25) is 0 Å². The molecule has 2 fully saturated rings. The second-order valence-corrected chi connectivity index (χ2v) is 6.64. The highest BCUT2D eigenvalue weighted by Crippen LogP contribution is 2.27. The van der Waals surface area contributed by atoms with Crippen LogP contribution in [0.4, 0.5) is 0 Å². The SMILES string of the molecule is O=C(CN1C(=O)c2ccccc2C1=O)NC1CCC2OCCOC2C1. The molecule has 25 heavy (non-hydrogen) atoms. The second kappa shape index (κ2) is 6.57. The number of rotatable bonds is 3. The summed E-state index contributed by atoms with van der Waals surface area (Å²) in [6.07, 6.45) is 2.45. The highest BCUT2D eigenvalue weighted by molar-refractivity contribution is 6.22. The molecule has 2 aliphatic heterocycles. The highest BCUT2D eigenvalue weighted by atomic mass is 16.6. The minimum atomic E-state index is -0.413. The summed E-state index contributed by atoms with van der Waals surface area (Å²) in [5, 5.41) is 2.93. The Bertz CT molecular complexity index is 684. The number of ether oxygens (including phenoxy) is 2. The fourth-order valence-corrected chi connectivity index (χ4v) is 3.80. The normalized spacial score (nSPS) is 28.5. The monoisotopic (exact) mass is 344 g/mol. The molecule has 3 atom stereocenters. The molecule has 2 heterocycles. The zero-order valence-electron chi connectivity index (χ0n) is 13.8. The minimum absolute atomic E-state index is 0.00658. The number of hydrogen-bond donors (Lipinski definition) is 1. The number of carbonyl (C=O) groups excluding carboxylic acids is 3. The molecule has 1 aromatic carbocycles. The first-order valence-electron chi connectivity index (χ1n) is 8.61. The Hall–Kier alpha value is -2.25. The number of nitrogens with zero attached hydrogens (tertiary/aromatic N) is 1. The van der Waals surface area contributed by atoms with Gasteiger partial charge in [0.2, 0.25) is 5.91 Å². The molecule has 3 amide bonds. The molecular formula is C18H20N2O5. The van der Waals surface area contributed by atoms with Gasteiger partial charge < -0.3 is 14.8 Å². The third-order valence-electron chi connectivity index (χ3n) is 5.02. The van der Waals surface area contributed by atoms with Gasteiger partial charge in [-0.05, 0) is 31.4 Å². The smallest absolute Gasteiger partial charge is 0.262 e. The Morgan fingerprint density at radius 2 is 1.68 bits per heavy atom. The van der Waals surface area contributed by atoms with Crippen molar-refractivity contribution in [3.8, 4) is 0 Å². The van der Waals surface area contributed by atoms with Crippen LogP contribution in [0, 0.1) is 0 Å². The molecule has 0 bridgehead atoms. The molecule has 1 aliphatic carbocycles. The Morgan fingerprint density at radius 3 is 2.36 bits per heavy atom. The molecule has 4 rings (SSSR count). The summed E-state index contributed by atoms with van der Waals surface area (Å²) in [6, 6.07) is 6.60. The molecule has 132 valence electrons. The summed E-state index contributed by atoms with van der Waals surface area (Å²) < 4.78 is 11.4. The van der Waals surface area contributed by atoms with Crippen LogP contribution in [0.1, 0.15) is 40.0 Å². The van der Waals surface area contributed by atoms with E-state index in [9.17, 15) is 14.4 Å². The summed E-state index contributed by atoms with van der Waals surface area (Å²) in [4.78, 5) is 38.0. The minimum Gasteiger partial charge on any atom is -0.373 e. The van der Waals surface area contributed by atoms with E-state index in [-0.39, 0.29) is 30.7 Å². The Morgan fingerprint density at radius 1 is 1.04 bits per heavy atom. The highest BCUT2D eigenvalue weighted by Gasteiger charge is 2.38. The molecule has 1 N–H and O–H groups in total. The van der Waals surface area contributed by atoms with Gasteiger partial charge in [0.1, 0.15) is 6.54 Å². The van der Waals surface area contributed by atoms with Crippen LogP contribution in [0.15, 0.2) is 24.3 Å². The summed E-state index contributed by atoms with van der Waals surface area (Å²) in [5.74, 6) is -1.15. The zero-order valence-corrected chi connectivity index (χ0v) is 13.8. The van der Waals surface area contributed by atoms with Crippen LogP contribution in [0.3, 0.4) is 0 Å². The summed E-state index contributed by atoms with van der Waals surface area (Å²) >= 11 is 0. The fraction of sp³-hybridized carbons (Fsp3) is 0.500. The average Bonchev–Trinajstić information content (AvgIpc) is 2.87. The van der Waals surface area contributed by atoms with Gasteiger partial charge >= 0.3 is 0 Å². The van der Waals surface area contributed by atoms with Crippen molar-refractivity contribution < 1.29 is 23.9 Å². The fourth-order valence-electron chi connectivity index (χ4n) is 3.80. The van der Waals surface area contributed by atoms with Crippen LogP contribution in [0.25, 0.3) is 0 Å². The second-order valence-electron chi connectivity index (χ2n) is 6.64. The molecule has 0 spiro atoms. The quantitative estimate of drug-likeness (QED) is 0.818. The lowest BCUT2D eigenvalue weighted by atomic mass is 9.89. The Labute approximate surface area is 145 Å². The number of imide groups is 1. The van der Waals surface area contributed by atoms with Crippen molar-refractivity contribution >= 4 is 17.7 Å². The van der Waals surface area contributed by atoms with E-state index in [1.807, 2.05) is 0 Å². The molecule has 3 unspecified atom stereocenters. The van der Waals surface area contributed by atoms with E-state index in [4.69, 9.17) is 9.47 Å². The molecular weight excluding hydrogens is 324 g/mol. The molecule has 1 aromatic rings. The maximum Gasteiger partial charge on any atom is 0.262 e. The maximum atomic E-state index is 12.3. The summed E-state index contributed by atoms with van der Waals surface area (Å²) in [6.45, 7) is 0.948. The van der Waals surface area contributed by atoms with E-state index in [1.54, 1.807) is 24.3 Å². The first-order chi connectivity index (χ1) is 12.1. The van der Waals surface area contributed by atoms with Gasteiger partial charge in [0.15, 0.2) is 0 Å². The van der Waals surface area contributed by atoms with Crippen molar-refractivity contribution in [2.75, 3.05) is 19.8 Å². The van der Waals surface area contributed by atoms with Gasteiger partial charge in [-0.1, -0.05) is 12.1 Å². The third kappa shape index (κ3) is 3.05. The van der Waals surface area contributed by atoms with E-state index in [2.05, 4.69) is 5.32 Å². The number of carbonyl (C=O) groups is 3. The van der Waals surface area contributed by atoms with Crippen LogP contribution >= 0.6 is 0 Å². The van der Waals surface area contributed by atoms with Crippen LogP contribution in [-0.2, 0) is 14.3 Å². The number of nitrogens with one attached hydrogen (secondary N) is 1. The molecule has 7 nitrogen and oxygen atoms in total. The summed E-state index contributed by atoms with van der Waals surface area (Å²) in [7, 11) is 0. The number of benzene rings is 1. The van der Waals surface area contributed by atoms with Crippen molar-refractivity contribution in [2.24, 2.45) is 0 Å². The standard InChI is InChI=1S/C18H20N2O5/c21-16(19-11-5-6-14-15(9-11)25-8-7-24-14)10-20-17(22)12-3-1-2-4-13(12)18(20)23/h1-4,11,14-15H,5-10H2,(H,19,21). The van der Waals surface area contributed by atoms with E-state index >= 15 is 0 Å². The lowest BCUT2D eigenvalue weighted by Crippen LogP contribution is -2.51. The predicted octanol–water partition coefficient (Wildman–Crippen LogP) is 0.735. The van der Waals surface area contributed by atoms with E-state index < -0.39 is 11.8 Å². The Balaban J connectivity index is 1.35. The Kier molecular flexibility index (Phi) is 4.27. The van der Waals surface area contributed by atoms with Crippen LogP contribution < -0.4 is 5.32 Å². The van der Waals surface area contributed by atoms with E-state index in [0.717, 1.165) is 17.7 Å². The number of hydrogen-bond acceptors (Lipinski definition) is 5. The predicted molar refractivity (Wildman–Crippen MR) is 87.1 cm³/mol. The van der Waals surface area contributed by atoms with Gasteiger partial charge in [0, 0.05) is 6.04 Å². The molecule has 3 aliphatic rings. The largest absolute Gasteiger partial charge is 0.373 e. The van der Waals surface area contributed by atoms with Crippen LogP contribution in [0.5, 0.6) is 0 Å². The first kappa shape index (κ1) is 16.2. The molecule has 0 radical (unpaired) electrons. The maximum absolute atomic E-state index is 12.3. The lowest BCUT2D eigenvalue weighted by Gasteiger charge is -2.39. The van der Waals surface area contributed by atoms with Crippen molar-refractivity contribution in [1.82, 2.24) is 10.2 Å². The molecule has 1 saturated carbocycles. The first-order valence-corrected chi connectivity index (χ1v) is 8.61.